The molecule has 176 valence electrons. The van der Waals surface area contributed by atoms with Crippen LogP contribution < -0.4 is 20.9 Å². The van der Waals surface area contributed by atoms with Crippen molar-refractivity contribution in [1.29, 1.82) is 0 Å². The highest BCUT2D eigenvalue weighted by molar-refractivity contribution is 6.34. The second-order valence-corrected chi connectivity index (χ2v) is 8.08. The maximum atomic E-state index is 12.8. The van der Waals surface area contributed by atoms with E-state index in [1.54, 1.807) is 54.4 Å². The zero-order chi connectivity index (χ0) is 24.5. The largest absolute Gasteiger partial charge is 0.376 e. The number of carbonyl (C=O) groups excluding carboxylic acids is 3. The van der Waals surface area contributed by atoms with Crippen molar-refractivity contribution in [1.82, 2.24) is 0 Å². The Morgan fingerprint density at radius 2 is 1.62 bits per heavy atom. The zero-order valence-electron chi connectivity index (χ0n) is 19.1. The summed E-state index contributed by atoms with van der Waals surface area (Å²) in [4.78, 5) is 38.7. The molecule has 0 aliphatic carbocycles. The highest BCUT2D eigenvalue weighted by atomic mass is 35.5. The second-order valence-electron chi connectivity index (χ2n) is 7.68. The van der Waals surface area contributed by atoms with Crippen LogP contribution in [0.15, 0.2) is 72.8 Å². The highest BCUT2D eigenvalue weighted by Crippen LogP contribution is 2.26. The number of amides is 3. The maximum absolute atomic E-state index is 12.8. The number of anilines is 4. The number of nitrogens with one attached hydrogen (secondary N) is 3. The van der Waals surface area contributed by atoms with Crippen molar-refractivity contribution in [2.45, 2.75) is 19.8 Å². The molecule has 3 aromatic carbocycles. The van der Waals surface area contributed by atoms with Crippen LogP contribution in [0.3, 0.4) is 0 Å². The van der Waals surface area contributed by atoms with Crippen molar-refractivity contribution in [2.75, 3.05) is 34.4 Å². The first-order valence-corrected chi connectivity index (χ1v) is 11.3. The van der Waals surface area contributed by atoms with Gasteiger partial charge in [0.15, 0.2) is 0 Å². The van der Waals surface area contributed by atoms with Gasteiger partial charge in [-0.15, -0.1) is 0 Å². The van der Waals surface area contributed by atoms with Gasteiger partial charge < -0.3 is 20.9 Å². The molecular formula is C26H27ClN4O3. The van der Waals surface area contributed by atoms with E-state index in [1.165, 1.54) is 0 Å². The molecule has 0 aromatic heterocycles. The van der Waals surface area contributed by atoms with Crippen molar-refractivity contribution in [2.24, 2.45) is 0 Å². The van der Waals surface area contributed by atoms with E-state index in [4.69, 9.17) is 11.6 Å². The van der Waals surface area contributed by atoms with Crippen LogP contribution in [0.4, 0.5) is 22.7 Å². The Hall–Kier alpha value is -3.84. The van der Waals surface area contributed by atoms with E-state index in [0.29, 0.717) is 34.1 Å². The molecule has 0 atom stereocenters. The van der Waals surface area contributed by atoms with Crippen LogP contribution in [-0.4, -0.2) is 31.3 Å². The van der Waals surface area contributed by atoms with E-state index in [-0.39, 0.29) is 24.3 Å². The van der Waals surface area contributed by atoms with Gasteiger partial charge in [0, 0.05) is 36.1 Å². The normalized spacial score (nSPS) is 10.3. The summed E-state index contributed by atoms with van der Waals surface area (Å²) in [6, 6.07) is 21.2. The molecule has 0 bridgehead atoms. The van der Waals surface area contributed by atoms with Crippen molar-refractivity contribution in [3.05, 3.63) is 83.4 Å². The lowest BCUT2D eigenvalue weighted by Gasteiger charge is -2.18. The fourth-order valence-corrected chi connectivity index (χ4v) is 3.42. The third-order valence-electron chi connectivity index (χ3n) is 5.01. The van der Waals surface area contributed by atoms with Crippen molar-refractivity contribution in [3.8, 4) is 0 Å². The van der Waals surface area contributed by atoms with Crippen LogP contribution in [0.1, 0.15) is 30.1 Å². The van der Waals surface area contributed by atoms with E-state index in [0.717, 1.165) is 12.1 Å². The fraction of sp³-hybridized carbons (Fsp3) is 0.192. The standard InChI is InChI=1S/C26H27ClN4O3/c1-3-8-24(32)29-20-13-14-22(27)23(16-20)30-25(33)17-28-19-10-7-9-18(15-19)26(34)31(2)21-11-5-4-6-12-21/h4-7,9-16,28H,3,8,17H2,1-2H3,(H,29,32)(H,30,33). The van der Waals surface area contributed by atoms with Crippen molar-refractivity contribution >= 4 is 52.1 Å². The van der Waals surface area contributed by atoms with Gasteiger partial charge >= 0.3 is 0 Å². The molecule has 0 saturated heterocycles. The lowest BCUT2D eigenvalue weighted by atomic mass is 10.1. The SMILES string of the molecule is CCCC(=O)Nc1ccc(Cl)c(NC(=O)CNc2cccc(C(=O)N(C)c3ccccc3)c2)c1. The van der Waals surface area contributed by atoms with Gasteiger partial charge in [0.05, 0.1) is 17.3 Å². The van der Waals surface area contributed by atoms with Crippen LogP contribution in [0.25, 0.3) is 0 Å². The van der Waals surface area contributed by atoms with Crippen LogP contribution in [0, 0.1) is 0 Å². The van der Waals surface area contributed by atoms with E-state index in [9.17, 15) is 14.4 Å². The van der Waals surface area contributed by atoms with E-state index < -0.39 is 0 Å². The van der Waals surface area contributed by atoms with Gasteiger partial charge in [0.25, 0.3) is 5.91 Å². The smallest absolute Gasteiger partial charge is 0.258 e. The molecule has 0 spiro atoms. The predicted molar refractivity (Wildman–Crippen MR) is 138 cm³/mol. The number of hydrogen-bond acceptors (Lipinski definition) is 4. The van der Waals surface area contributed by atoms with Gasteiger partial charge in [-0.2, -0.15) is 0 Å². The Morgan fingerprint density at radius 3 is 2.35 bits per heavy atom. The number of para-hydroxylation sites is 1. The molecule has 0 aliphatic rings. The first-order valence-electron chi connectivity index (χ1n) is 10.9. The van der Waals surface area contributed by atoms with Gasteiger partial charge in [-0.25, -0.2) is 0 Å². The predicted octanol–water partition coefficient (Wildman–Crippen LogP) is 5.41. The van der Waals surface area contributed by atoms with Crippen LogP contribution in [0.5, 0.6) is 0 Å². The first kappa shape index (κ1) is 24.8. The fourth-order valence-electron chi connectivity index (χ4n) is 3.25. The summed E-state index contributed by atoms with van der Waals surface area (Å²) in [7, 11) is 1.72. The Balaban J connectivity index is 1.60. The van der Waals surface area contributed by atoms with Crippen LogP contribution in [0.2, 0.25) is 5.02 Å². The molecular weight excluding hydrogens is 452 g/mol. The maximum Gasteiger partial charge on any atom is 0.258 e. The van der Waals surface area contributed by atoms with E-state index in [1.807, 2.05) is 37.3 Å². The van der Waals surface area contributed by atoms with Crippen LogP contribution in [-0.2, 0) is 9.59 Å². The molecule has 7 nitrogen and oxygen atoms in total. The van der Waals surface area contributed by atoms with Crippen molar-refractivity contribution in [3.63, 3.8) is 0 Å². The highest BCUT2D eigenvalue weighted by Gasteiger charge is 2.14. The van der Waals surface area contributed by atoms with Gasteiger partial charge in [-0.05, 0) is 55.0 Å². The molecule has 3 N–H and O–H groups in total. The van der Waals surface area contributed by atoms with E-state index >= 15 is 0 Å². The zero-order valence-corrected chi connectivity index (χ0v) is 19.9. The minimum atomic E-state index is -0.322. The minimum Gasteiger partial charge on any atom is -0.376 e. The minimum absolute atomic E-state index is 0.0328. The van der Waals surface area contributed by atoms with Gasteiger partial charge in [-0.1, -0.05) is 42.8 Å². The second kappa shape index (κ2) is 11.9. The molecule has 34 heavy (non-hydrogen) atoms. The molecule has 3 rings (SSSR count). The topological polar surface area (TPSA) is 90.5 Å². The molecule has 0 heterocycles. The first-order chi connectivity index (χ1) is 16.4. The molecule has 0 radical (unpaired) electrons. The summed E-state index contributed by atoms with van der Waals surface area (Å²) in [6.45, 7) is 1.89. The Labute approximate surface area is 204 Å². The average Bonchev–Trinajstić information content (AvgIpc) is 2.85. The van der Waals surface area contributed by atoms with Gasteiger partial charge in [0.1, 0.15) is 0 Å². The molecule has 0 unspecified atom stereocenters. The molecule has 3 amide bonds. The summed E-state index contributed by atoms with van der Waals surface area (Å²) >= 11 is 6.20. The van der Waals surface area contributed by atoms with E-state index in [2.05, 4.69) is 16.0 Å². The Kier molecular flexibility index (Phi) is 8.65. The molecule has 8 heteroatoms. The monoisotopic (exact) mass is 478 g/mol. The number of halogens is 1. The molecule has 0 saturated carbocycles. The quantitative estimate of drug-likeness (QED) is 0.383. The van der Waals surface area contributed by atoms with Crippen LogP contribution >= 0.6 is 11.6 Å². The molecule has 3 aromatic rings. The molecule has 0 aliphatic heterocycles. The lowest BCUT2D eigenvalue weighted by Crippen LogP contribution is -2.26. The lowest BCUT2D eigenvalue weighted by molar-refractivity contribution is -0.116. The number of hydrogen-bond donors (Lipinski definition) is 3. The third-order valence-corrected chi connectivity index (χ3v) is 5.34. The molecule has 0 fully saturated rings. The van der Waals surface area contributed by atoms with Crippen molar-refractivity contribution < 1.29 is 14.4 Å². The third kappa shape index (κ3) is 6.83. The summed E-state index contributed by atoms with van der Waals surface area (Å²) in [5.41, 5.74) is 2.87. The number of benzene rings is 3. The summed E-state index contributed by atoms with van der Waals surface area (Å²) in [5.74, 6) is -0.582. The number of rotatable bonds is 9. The van der Waals surface area contributed by atoms with Gasteiger partial charge in [-0.3, -0.25) is 14.4 Å². The average molecular weight is 479 g/mol. The Morgan fingerprint density at radius 1 is 0.853 bits per heavy atom. The number of carbonyl (C=O) groups is 3. The van der Waals surface area contributed by atoms with Gasteiger partial charge in [0.2, 0.25) is 11.8 Å². The Bertz CT molecular complexity index is 1170. The summed E-state index contributed by atoms with van der Waals surface area (Å²) in [5, 5.41) is 8.91. The number of nitrogens with zero attached hydrogens (tertiary/aromatic N) is 1. The summed E-state index contributed by atoms with van der Waals surface area (Å²) < 4.78 is 0. The summed E-state index contributed by atoms with van der Waals surface area (Å²) in [6.07, 6.45) is 1.15.